The van der Waals surface area contributed by atoms with Gasteiger partial charge in [-0.05, 0) is 31.9 Å². The van der Waals surface area contributed by atoms with E-state index in [9.17, 15) is 4.79 Å². The van der Waals surface area contributed by atoms with E-state index >= 15 is 0 Å². The number of thioether (sulfide) groups is 1. The maximum atomic E-state index is 11.8. The maximum absolute atomic E-state index is 11.8. The number of thiazole rings is 1. The van der Waals surface area contributed by atoms with Crippen LogP contribution in [0.1, 0.15) is 38.8 Å². The number of carbonyl (C=O) groups excluding carboxylic acids is 1. The summed E-state index contributed by atoms with van der Waals surface area (Å²) in [5.74, 6) is 1.14. The van der Waals surface area contributed by atoms with Crippen molar-refractivity contribution in [2.24, 2.45) is 0 Å². The first-order valence-electron chi connectivity index (χ1n) is 6.43. The monoisotopic (exact) mass is 289 g/mol. The summed E-state index contributed by atoms with van der Waals surface area (Å²) in [4.78, 5) is 18.5. The van der Waals surface area contributed by atoms with Gasteiger partial charge < -0.3 is 0 Å². The number of carbonyl (C=O) groups is 1. The summed E-state index contributed by atoms with van der Waals surface area (Å²) in [6.45, 7) is 2.09. The minimum atomic E-state index is 0.283. The van der Waals surface area contributed by atoms with Gasteiger partial charge in [0, 0.05) is 11.3 Å². The van der Waals surface area contributed by atoms with Crippen molar-refractivity contribution in [3.63, 3.8) is 0 Å². The van der Waals surface area contributed by atoms with Gasteiger partial charge in [0.05, 0.1) is 16.3 Å². The third kappa shape index (κ3) is 2.90. The van der Waals surface area contributed by atoms with E-state index in [4.69, 9.17) is 0 Å². The van der Waals surface area contributed by atoms with E-state index in [2.05, 4.69) is 36.2 Å². The Morgan fingerprint density at radius 2 is 2.05 bits per heavy atom. The molecule has 2 aromatic rings. The molecule has 0 saturated heterocycles. The van der Waals surface area contributed by atoms with Gasteiger partial charge in [-0.15, -0.1) is 23.1 Å². The summed E-state index contributed by atoms with van der Waals surface area (Å²) in [6.07, 6.45) is 2.62. The quantitative estimate of drug-likeness (QED) is 0.791. The molecule has 2 nitrogen and oxygen atoms in total. The zero-order chi connectivity index (χ0) is 13.2. The van der Waals surface area contributed by atoms with Crippen LogP contribution in [0, 0.1) is 6.92 Å². The minimum Gasteiger partial charge on any atom is -0.293 e. The summed E-state index contributed by atoms with van der Waals surface area (Å²) in [7, 11) is 0. The number of Topliss-reactive ketones (excluding diaryl/α,β-unsaturated/α-hetero) is 1. The lowest BCUT2D eigenvalue weighted by Crippen LogP contribution is -2.07. The van der Waals surface area contributed by atoms with Gasteiger partial charge in [-0.2, -0.15) is 0 Å². The summed E-state index contributed by atoms with van der Waals surface area (Å²) in [5, 5.41) is 1.07. The first kappa shape index (κ1) is 12.9. The topological polar surface area (TPSA) is 30.0 Å². The third-order valence-corrected chi connectivity index (χ3v) is 5.54. The van der Waals surface area contributed by atoms with Crippen molar-refractivity contribution in [1.82, 2.24) is 4.98 Å². The predicted octanol–water partition coefficient (Wildman–Crippen LogP) is 4.26. The highest BCUT2D eigenvalue weighted by Gasteiger charge is 2.21. The molecule has 1 aliphatic carbocycles. The molecule has 0 unspecified atom stereocenters. The van der Waals surface area contributed by atoms with Crippen LogP contribution in [-0.2, 0) is 12.2 Å². The lowest BCUT2D eigenvalue weighted by atomic mass is 10.0. The van der Waals surface area contributed by atoms with Crippen molar-refractivity contribution in [3.05, 3.63) is 45.4 Å². The lowest BCUT2D eigenvalue weighted by Gasteiger charge is -2.06. The highest BCUT2D eigenvalue weighted by molar-refractivity contribution is 7.98. The lowest BCUT2D eigenvalue weighted by molar-refractivity contribution is 0.0976. The highest BCUT2D eigenvalue weighted by atomic mass is 32.2. The molecule has 0 saturated carbocycles. The molecule has 0 atom stereocenters. The molecule has 1 aromatic heterocycles. The van der Waals surface area contributed by atoms with Crippen LogP contribution in [0.4, 0.5) is 0 Å². The largest absolute Gasteiger partial charge is 0.293 e. The number of fused-ring (bicyclic) bond motifs is 1. The van der Waals surface area contributed by atoms with Gasteiger partial charge in [0.2, 0.25) is 0 Å². The Labute approximate surface area is 121 Å². The first-order chi connectivity index (χ1) is 9.22. The standard InChI is InChI=1S/C15H15NOS2/c1-10-5-7-11(8-6-10)18-9-14-16-12-3-2-4-13(17)15(12)19-14/h5-8H,2-4,9H2,1H3. The van der Waals surface area contributed by atoms with Gasteiger partial charge in [-0.1, -0.05) is 17.7 Å². The zero-order valence-electron chi connectivity index (χ0n) is 10.8. The van der Waals surface area contributed by atoms with Crippen molar-refractivity contribution in [2.45, 2.75) is 36.8 Å². The van der Waals surface area contributed by atoms with E-state index in [1.165, 1.54) is 10.5 Å². The van der Waals surface area contributed by atoms with Gasteiger partial charge in [-0.3, -0.25) is 4.79 Å². The second-order valence-corrected chi connectivity index (χ2v) is 6.89. The number of nitrogens with zero attached hydrogens (tertiary/aromatic N) is 1. The van der Waals surface area contributed by atoms with Crippen LogP contribution in [-0.4, -0.2) is 10.8 Å². The average Bonchev–Trinajstić information content (AvgIpc) is 2.83. The number of ketones is 1. The number of benzene rings is 1. The van der Waals surface area contributed by atoms with Gasteiger partial charge >= 0.3 is 0 Å². The molecule has 19 heavy (non-hydrogen) atoms. The molecule has 0 aliphatic heterocycles. The average molecular weight is 289 g/mol. The Kier molecular flexibility index (Phi) is 3.71. The molecule has 98 valence electrons. The fourth-order valence-corrected chi connectivity index (χ4v) is 4.13. The van der Waals surface area contributed by atoms with E-state index < -0.39 is 0 Å². The summed E-state index contributed by atoms with van der Waals surface area (Å²) >= 11 is 3.37. The van der Waals surface area contributed by atoms with Crippen molar-refractivity contribution >= 4 is 28.9 Å². The number of aryl methyl sites for hydroxylation is 2. The maximum Gasteiger partial charge on any atom is 0.174 e. The molecule has 1 heterocycles. The predicted molar refractivity (Wildman–Crippen MR) is 80.1 cm³/mol. The molecule has 0 amide bonds. The summed E-state index contributed by atoms with van der Waals surface area (Å²) < 4.78 is 0. The van der Waals surface area contributed by atoms with Crippen molar-refractivity contribution in [2.75, 3.05) is 0 Å². The number of aromatic nitrogens is 1. The van der Waals surface area contributed by atoms with Crippen LogP contribution >= 0.6 is 23.1 Å². The Morgan fingerprint density at radius 1 is 1.26 bits per heavy atom. The van der Waals surface area contributed by atoms with E-state index in [1.54, 1.807) is 23.1 Å². The second kappa shape index (κ2) is 5.47. The van der Waals surface area contributed by atoms with E-state index in [-0.39, 0.29) is 5.78 Å². The SMILES string of the molecule is Cc1ccc(SCc2nc3c(s2)C(=O)CCC3)cc1. The van der Waals surface area contributed by atoms with E-state index in [0.717, 1.165) is 34.2 Å². The van der Waals surface area contributed by atoms with Crippen LogP contribution in [0.15, 0.2) is 29.2 Å². The highest BCUT2D eigenvalue weighted by Crippen LogP contribution is 2.30. The molecule has 3 rings (SSSR count). The van der Waals surface area contributed by atoms with Crippen molar-refractivity contribution < 1.29 is 4.79 Å². The van der Waals surface area contributed by atoms with Crippen LogP contribution in [0.2, 0.25) is 0 Å². The normalized spacial score (nSPS) is 14.5. The number of hydrogen-bond donors (Lipinski definition) is 0. The van der Waals surface area contributed by atoms with Gasteiger partial charge in [0.25, 0.3) is 0 Å². The number of rotatable bonds is 3. The van der Waals surface area contributed by atoms with E-state index in [0.29, 0.717) is 6.42 Å². The fraction of sp³-hybridized carbons (Fsp3) is 0.333. The minimum absolute atomic E-state index is 0.283. The van der Waals surface area contributed by atoms with Crippen LogP contribution in [0.3, 0.4) is 0 Å². The first-order valence-corrected chi connectivity index (χ1v) is 8.24. The third-order valence-electron chi connectivity index (χ3n) is 3.20. The molecule has 0 fully saturated rings. The second-order valence-electron chi connectivity index (χ2n) is 4.76. The fourth-order valence-electron chi connectivity index (χ4n) is 2.16. The molecule has 1 aromatic carbocycles. The Morgan fingerprint density at radius 3 is 2.79 bits per heavy atom. The molecule has 0 bridgehead atoms. The van der Waals surface area contributed by atoms with Crippen LogP contribution in [0.25, 0.3) is 0 Å². The molecule has 1 aliphatic rings. The number of hydrogen-bond acceptors (Lipinski definition) is 4. The molecule has 4 heteroatoms. The Balaban J connectivity index is 1.70. The van der Waals surface area contributed by atoms with Gasteiger partial charge in [-0.25, -0.2) is 4.98 Å². The van der Waals surface area contributed by atoms with Crippen molar-refractivity contribution in [1.29, 1.82) is 0 Å². The summed E-state index contributed by atoms with van der Waals surface area (Å²) in [6, 6.07) is 8.52. The molecular weight excluding hydrogens is 274 g/mol. The van der Waals surface area contributed by atoms with Crippen LogP contribution < -0.4 is 0 Å². The smallest absolute Gasteiger partial charge is 0.174 e. The summed E-state index contributed by atoms with van der Waals surface area (Å²) in [5.41, 5.74) is 2.31. The van der Waals surface area contributed by atoms with E-state index in [1.807, 2.05) is 0 Å². The molecule has 0 N–H and O–H groups in total. The van der Waals surface area contributed by atoms with Gasteiger partial charge in [0.1, 0.15) is 5.01 Å². The van der Waals surface area contributed by atoms with Crippen LogP contribution in [0.5, 0.6) is 0 Å². The molecular formula is C15H15NOS2. The molecule has 0 radical (unpaired) electrons. The van der Waals surface area contributed by atoms with Gasteiger partial charge in [0.15, 0.2) is 5.78 Å². The zero-order valence-corrected chi connectivity index (χ0v) is 12.4. The Bertz CT molecular complexity index is 601. The Hall–Kier alpha value is -1.13. The van der Waals surface area contributed by atoms with Crippen molar-refractivity contribution in [3.8, 4) is 0 Å². The molecule has 0 spiro atoms.